The average Bonchev–Trinajstić information content (AvgIpc) is 2.59. The van der Waals surface area contributed by atoms with E-state index in [1.54, 1.807) is 19.3 Å². The molecule has 0 saturated heterocycles. The standard InChI is InChI=1S/C18H19BO4/c1-21-15-11-13(19)16(18(23-3)17(15)22-2)14(20)10-9-12-7-5-4-6-8-12/h4-11H,19H2,1-3H3/b10-9+. The van der Waals surface area contributed by atoms with Crippen LogP contribution >= 0.6 is 0 Å². The van der Waals surface area contributed by atoms with E-state index in [1.807, 2.05) is 38.2 Å². The van der Waals surface area contributed by atoms with Crippen molar-refractivity contribution in [1.82, 2.24) is 0 Å². The quantitative estimate of drug-likeness (QED) is 0.464. The molecule has 2 aromatic carbocycles. The molecule has 0 spiro atoms. The number of hydrogen-bond donors (Lipinski definition) is 0. The van der Waals surface area contributed by atoms with Crippen molar-refractivity contribution in [3.8, 4) is 17.2 Å². The van der Waals surface area contributed by atoms with Crippen molar-refractivity contribution in [3.63, 3.8) is 0 Å². The van der Waals surface area contributed by atoms with Gasteiger partial charge in [-0.05, 0) is 17.7 Å². The van der Waals surface area contributed by atoms with Gasteiger partial charge < -0.3 is 14.2 Å². The van der Waals surface area contributed by atoms with E-state index in [0.29, 0.717) is 22.8 Å². The summed E-state index contributed by atoms with van der Waals surface area (Å²) in [5.41, 5.74) is 2.19. The first-order valence-electron chi connectivity index (χ1n) is 7.19. The normalized spacial score (nSPS) is 10.6. The van der Waals surface area contributed by atoms with Crippen LogP contribution in [0.25, 0.3) is 6.08 Å². The Labute approximate surface area is 137 Å². The second kappa shape index (κ2) is 7.54. The molecule has 5 heteroatoms. The molecule has 0 aliphatic carbocycles. The monoisotopic (exact) mass is 310 g/mol. The van der Waals surface area contributed by atoms with Crippen molar-refractivity contribution in [1.29, 1.82) is 0 Å². The molecule has 0 amide bonds. The van der Waals surface area contributed by atoms with Crippen LogP contribution < -0.4 is 19.7 Å². The molecule has 0 N–H and O–H groups in total. The lowest BCUT2D eigenvalue weighted by Gasteiger charge is -2.16. The summed E-state index contributed by atoms with van der Waals surface area (Å²) in [6.45, 7) is 0. The van der Waals surface area contributed by atoms with Crippen LogP contribution in [0.1, 0.15) is 15.9 Å². The van der Waals surface area contributed by atoms with Crippen molar-refractivity contribution in [2.24, 2.45) is 0 Å². The summed E-state index contributed by atoms with van der Waals surface area (Å²) in [6.07, 6.45) is 3.31. The molecule has 23 heavy (non-hydrogen) atoms. The molecule has 0 aromatic heterocycles. The topological polar surface area (TPSA) is 44.8 Å². The Balaban J connectivity index is 2.46. The number of carbonyl (C=O) groups is 1. The lowest BCUT2D eigenvalue weighted by Crippen LogP contribution is -2.17. The summed E-state index contributed by atoms with van der Waals surface area (Å²) in [7, 11) is 6.42. The van der Waals surface area contributed by atoms with Crippen LogP contribution in [0.3, 0.4) is 0 Å². The smallest absolute Gasteiger partial charge is 0.203 e. The first kappa shape index (κ1) is 16.7. The highest BCUT2D eigenvalue weighted by atomic mass is 16.5. The molecule has 0 atom stereocenters. The highest BCUT2D eigenvalue weighted by molar-refractivity contribution is 6.38. The largest absolute Gasteiger partial charge is 0.493 e. The highest BCUT2D eigenvalue weighted by Crippen LogP contribution is 2.38. The molecule has 0 bridgehead atoms. The second-order valence-corrected chi connectivity index (χ2v) is 4.95. The van der Waals surface area contributed by atoms with Gasteiger partial charge in [0.1, 0.15) is 7.85 Å². The molecule has 2 aromatic rings. The highest BCUT2D eigenvalue weighted by Gasteiger charge is 2.22. The van der Waals surface area contributed by atoms with E-state index >= 15 is 0 Å². The van der Waals surface area contributed by atoms with Crippen molar-refractivity contribution in [2.45, 2.75) is 0 Å². The van der Waals surface area contributed by atoms with Gasteiger partial charge in [0.2, 0.25) is 5.75 Å². The molecule has 4 nitrogen and oxygen atoms in total. The predicted molar refractivity (Wildman–Crippen MR) is 94.1 cm³/mol. The second-order valence-electron chi connectivity index (χ2n) is 4.95. The zero-order valence-corrected chi connectivity index (χ0v) is 13.8. The Morgan fingerprint density at radius 1 is 1.00 bits per heavy atom. The molecule has 0 heterocycles. The third-order valence-corrected chi connectivity index (χ3v) is 3.50. The number of ketones is 1. The van der Waals surface area contributed by atoms with Crippen LogP contribution in [0, 0.1) is 0 Å². The maximum Gasteiger partial charge on any atom is 0.203 e. The van der Waals surface area contributed by atoms with E-state index in [-0.39, 0.29) is 5.78 Å². The Morgan fingerprint density at radius 3 is 2.22 bits per heavy atom. The van der Waals surface area contributed by atoms with Gasteiger partial charge in [-0.3, -0.25) is 4.79 Å². The van der Waals surface area contributed by atoms with E-state index in [9.17, 15) is 4.79 Å². The molecular weight excluding hydrogens is 291 g/mol. The third-order valence-electron chi connectivity index (χ3n) is 3.50. The fraction of sp³-hybridized carbons (Fsp3) is 0.167. The molecule has 0 unspecified atom stereocenters. The fourth-order valence-electron chi connectivity index (χ4n) is 2.40. The van der Waals surface area contributed by atoms with E-state index in [1.165, 1.54) is 20.3 Å². The average molecular weight is 310 g/mol. The van der Waals surface area contributed by atoms with Gasteiger partial charge in [0.05, 0.1) is 26.9 Å². The van der Waals surface area contributed by atoms with E-state index in [4.69, 9.17) is 14.2 Å². The van der Waals surface area contributed by atoms with Crippen LogP contribution in [-0.4, -0.2) is 35.0 Å². The zero-order valence-electron chi connectivity index (χ0n) is 13.8. The lowest BCUT2D eigenvalue weighted by atomic mass is 9.87. The minimum absolute atomic E-state index is 0.149. The molecule has 0 radical (unpaired) electrons. The number of hydrogen-bond acceptors (Lipinski definition) is 4. The summed E-state index contributed by atoms with van der Waals surface area (Å²) < 4.78 is 16.0. The van der Waals surface area contributed by atoms with E-state index < -0.39 is 0 Å². The Kier molecular flexibility index (Phi) is 5.47. The van der Waals surface area contributed by atoms with Gasteiger partial charge in [0, 0.05) is 0 Å². The number of benzene rings is 2. The molecule has 0 aliphatic rings. The first-order valence-corrected chi connectivity index (χ1v) is 7.19. The molecule has 0 aliphatic heterocycles. The van der Waals surface area contributed by atoms with Crippen molar-refractivity contribution >= 4 is 25.2 Å². The summed E-state index contributed by atoms with van der Waals surface area (Å²) in [5, 5.41) is 0. The summed E-state index contributed by atoms with van der Waals surface area (Å²) in [4.78, 5) is 12.6. The van der Waals surface area contributed by atoms with Gasteiger partial charge in [-0.15, -0.1) is 0 Å². The zero-order chi connectivity index (χ0) is 16.8. The summed E-state index contributed by atoms with van der Waals surface area (Å²) in [5.74, 6) is 1.18. The predicted octanol–water partition coefficient (Wildman–Crippen LogP) is 1.87. The van der Waals surface area contributed by atoms with Crippen molar-refractivity contribution < 1.29 is 19.0 Å². The van der Waals surface area contributed by atoms with Gasteiger partial charge in [-0.25, -0.2) is 0 Å². The molecular formula is C18H19BO4. The number of carbonyl (C=O) groups excluding carboxylic acids is 1. The lowest BCUT2D eigenvalue weighted by molar-refractivity contribution is 0.104. The first-order chi connectivity index (χ1) is 11.1. The van der Waals surface area contributed by atoms with Crippen molar-refractivity contribution in [2.75, 3.05) is 21.3 Å². The van der Waals surface area contributed by atoms with Gasteiger partial charge in [-0.1, -0.05) is 41.9 Å². The number of methoxy groups -OCH3 is 3. The number of rotatable bonds is 6. The Morgan fingerprint density at radius 2 is 1.65 bits per heavy atom. The minimum atomic E-state index is -0.149. The summed E-state index contributed by atoms with van der Waals surface area (Å²) in [6, 6.07) is 11.4. The minimum Gasteiger partial charge on any atom is -0.493 e. The van der Waals surface area contributed by atoms with E-state index in [2.05, 4.69) is 0 Å². The van der Waals surface area contributed by atoms with Crippen LogP contribution in [0.2, 0.25) is 0 Å². The third kappa shape index (κ3) is 3.56. The van der Waals surface area contributed by atoms with Crippen LogP contribution in [-0.2, 0) is 0 Å². The van der Waals surface area contributed by atoms with E-state index in [0.717, 1.165) is 11.0 Å². The SMILES string of the molecule is Bc1cc(OC)c(OC)c(OC)c1C(=O)/C=C/c1ccccc1. The van der Waals surface area contributed by atoms with Crippen molar-refractivity contribution in [3.05, 3.63) is 53.6 Å². The van der Waals surface area contributed by atoms with Gasteiger partial charge >= 0.3 is 0 Å². The van der Waals surface area contributed by atoms with Gasteiger partial charge in [0.25, 0.3) is 0 Å². The summed E-state index contributed by atoms with van der Waals surface area (Å²) >= 11 is 0. The molecule has 118 valence electrons. The van der Waals surface area contributed by atoms with Crippen LogP contribution in [0.15, 0.2) is 42.5 Å². The van der Waals surface area contributed by atoms with Crippen LogP contribution in [0.4, 0.5) is 0 Å². The maximum absolute atomic E-state index is 12.6. The molecule has 2 rings (SSSR count). The number of ether oxygens (including phenoxy) is 3. The van der Waals surface area contributed by atoms with Gasteiger partial charge in [-0.2, -0.15) is 0 Å². The molecule has 0 saturated carbocycles. The Hall–Kier alpha value is -2.69. The maximum atomic E-state index is 12.6. The van der Waals surface area contributed by atoms with Gasteiger partial charge in [0.15, 0.2) is 17.3 Å². The Bertz CT molecular complexity index is 724. The number of allylic oxidation sites excluding steroid dienone is 1. The van der Waals surface area contributed by atoms with Crippen LogP contribution in [0.5, 0.6) is 17.2 Å². The molecule has 0 fully saturated rings. The fourth-order valence-corrected chi connectivity index (χ4v) is 2.40.